The van der Waals surface area contributed by atoms with Crippen molar-refractivity contribution in [1.29, 1.82) is 0 Å². The molecule has 1 radical (unpaired) electrons. The summed E-state index contributed by atoms with van der Waals surface area (Å²) in [5.74, 6) is 0.742. The van der Waals surface area contributed by atoms with E-state index in [0.717, 1.165) is 5.69 Å². The van der Waals surface area contributed by atoms with Crippen LogP contribution in [0.2, 0.25) is 0 Å². The Morgan fingerprint density at radius 1 is 1.11 bits per heavy atom. The van der Waals surface area contributed by atoms with E-state index < -0.39 is 0 Å². The first-order valence-electron chi connectivity index (χ1n) is 6.34. The Balaban J connectivity index is 1.73. The van der Waals surface area contributed by atoms with Crippen LogP contribution in [0.4, 0.5) is 5.69 Å². The molecule has 1 fully saturated rings. The molecule has 0 aliphatic carbocycles. The summed E-state index contributed by atoms with van der Waals surface area (Å²) in [5, 5.41) is 0. The van der Waals surface area contributed by atoms with Gasteiger partial charge in [0.15, 0.2) is 6.10 Å². The van der Waals surface area contributed by atoms with E-state index >= 15 is 0 Å². The van der Waals surface area contributed by atoms with E-state index in [1.807, 2.05) is 42.5 Å². The van der Waals surface area contributed by atoms with Gasteiger partial charge in [-0.25, -0.2) is 0 Å². The van der Waals surface area contributed by atoms with E-state index in [9.17, 15) is 4.79 Å². The van der Waals surface area contributed by atoms with Crippen molar-refractivity contribution in [2.75, 3.05) is 11.4 Å². The van der Waals surface area contributed by atoms with Gasteiger partial charge in [-0.2, -0.15) is 0 Å². The van der Waals surface area contributed by atoms with Crippen molar-refractivity contribution in [3.05, 3.63) is 60.7 Å². The standard InChI is InChI=1S/C16H14NO2/c18-16-15(19-14-9-5-2-6-10-14)11-12-17(16)13-7-3-1-4-8-13/h1,3-10,15H,11-12H2. The zero-order valence-electron chi connectivity index (χ0n) is 10.5. The number of ether oxygens (including phenoxy) is 1. The molecule has 0 spiro atoms. The predicted octanol–water partition coefficient (Wildman–Crippen LogP) is 2.67. The molecule has 3 rings (SSSR count). The van der Waals surface area contributed by atoms with Crippen LogP contribution < -0.4 is 9.64 Å². The molecule has 1 atom stereocenters. The Kier molecular flexibility index (Phi) is 3.19. The average Bonchev–Trinajstić information content (AvgIpc) is 2.82. The van der Waals surface area contributed by atoms with Gasteiger partial charge < -0.3 is 9.64 Å². The van der Waals surface area contributed by atoms with Gasteiger partial charge in [-0.05, 0) is 30.3 Å². The van der Waals surface area contributed by atoms with Crippen molar-refractivity contribution in [2.24, 2.45) is 0 Å². The molecule has 1 aliphatic heterocycles. The largest absolute Gasteiger partial charge is 0.481 e. The fourth-order valence-corrected chi connectivity index (χ4v) is 2.24. The second-order valence-electron chi connectivity index (χ2n) is 4.46. The van der Waals surface area contributed by atoms with Crippen LogP contribution in [0, 0.1) is 6.07 Å². The Morgan fingerprint density at radius 2 is 1.84 bits per heavy atom. The number of hydrogen-bond acceptors (Lipinski definition) is 2. The maximum atomic E-state index is 12.3. The van der Waals surface area contributed by atoms with Gasteiger partial charge in [0.05, 0.1) is 0 Å². The lowest BCUT2D eigenvalue weighted by molar-refractivity contribution is -0.122. The molecular weight excluding hydrogens is 238 g/mol. The van der Waals surface area contributed by atoms with Crippen LogP contribution in [0.1, 0.15) is 6.42 Å². The molecule has 3 heteroatoms. The Bertz CT molecular complexity index is 553. The molecule has 1 saturated heterocycles. The Morgan fingerprint density at radius 3 is 2.58 bits per heavy atom. The Labute approximate surface area is 112 Å². The van der Waals surface area contributed by atoms with Gasteiger partial charge >= 0.3 is 0 Å². The highest BCUT2D eigenvalue weighted by atomic mass is 16.5. The predicted molar refractivity (Wildman–Crippen MR) is 73.1 cm³/mol. The summed E-state index contributed by atoms with van der Waals surface area (Å²) >= 11 is 0. The van der Waals surface area contributed by atoms with Gasteiger partial charge in [-0.15, -0.1) is 0 Å². The van der Waals surface area contributed by atoms with Crippen molar-refractivity contribution < 1.29 is 9.53 Å². The number of rotatable bonds is 3. The lowest BCUT2D eigenvalue weighted by atomic mass is 10.3. The minimum atomic E-state index is -0.386. The summed E-state index contributed by atoms with van der Waals surface area (Å²) in [7, 11) is 0. The minimum absolute atomic E-state index is 0.0269. The molecule has 1 unspecified atom stereocenters. The second kappa shape index (κ2) is 5.14. The molecule has 2 aromatic carbocycles. The molecule has 0 aromatic heterocycles. The number of carbonyl (C=O) groups is 1. The highest BCUT2D eigenvalue weighted by molar-refractivity contribution is 5.98. The van der Waals surface area contributed by atoms with Crippen LogP contribution in [-0.4, -0.2) is 18.6 Å². The van der Waals surface area contributed by atoms with Crippen LogP contribution in [0.5, 0.6) is 5.75 Å². The summed E-state index contributed by atoms with van der Waals surface area (Å²) in [4.78, 5) is 14.1. The summed E-state index contributed by atoms with van der Waals surface area (Å²) < 4.78 is 5.73. The molecule has 1 amide bonds. The van der Waals surface area contributed by atoms with Gasteiger partial charge in [0.25, 0.3) is 5.91 Å². The quantitative estimate of drug-likeness (QED) is 0.840. The zero-order valence-corrected chi connectivity index (χ0v) is 10.5. The molecule has 1 heterocycles. The molecule has 0 N–H and O–H groups in total. The average molecular weight is 252 g/mol. The highest BCUT2D eigenvalue weighted by Crippen LogP contribution is 2.24. The second-order valence-corrected chi connectivity index (χ2v) is 4.46. The van der Waals surface area contributed by atoms with Gasteiger partial charge in [0.1, 0.15) is 5.75 Å². The molecule has 19 heavy (non-hydrogen) atoms. The molecule has 1 aliphatic rings. The van der Waals surface area contributed by atoms with Crippen molar-refractivity contribution in [3.63, 3.8) is 0 Å². The van der Waals surface area contributed by atoms with Gasteiger partial charge in [-0.3, -0.25) is 4.79 Å². The van der Waals surface area contributed by atoms with E-state index in [4.69, 9.17) is 4.74 Å². The minimum Gasteiger partial charge on any atom is -0.481 e. The van der Waals surface area contributed by atoms with Crippen LogP contribution >= 0.6 is 0 Å². The van der Waals surface area contributed by atoms with Crippen LogP contribution in [0.25, 0.3) is 0 Å². The molecule has 95 valence electrons. The SMILES string of the molecule is O=C1C(Oc2cc[c]cc2)CCN1c1ccccc1. The van der Waals surface area contributed by atoms with E-state index in [2.05, 4.69) is 6.07 Å². The van der Waals surface area contributed by atoms with Crippen molar-refractivity contribution in [1.82, 2.24) is 0 Å². The number of para-hydroxylation sites is 1. The molecule has 3 nitrogen and oxygen atoms in total. The van der Waals surface area contributed by atoms with Crippen molar-refractivity contribution in [3.8, 4) is 5.75 Å². The van der Waals surface area contributed by atoms with Crippen LogP contribution in [0.15, 0.2) is 54.6 Å². The Hall–Kier alpha value is -2.29. The number of carbonyl (C=O) groups excluding carboxylic acids is 1. The number of anilines is 1. The lowest BCUT2D eigenvalue weighted by Gasteiger charge is -2.17. The maximum absolute atomic E-state index is 12.3. The summed E-state index contributed by atoms with van der Waals surface area (Å²) in [6, 6.07) is 19.8. The van der Waals surface area contributed by atoms with Gasteiger partial charge in [0, 0.05) is 18.7 Å². The molecule has 0 saturated carbocycles. The number of nitrogens with zero attached hydrogens (tertiary/aromatic N) is 1. The maximum Gasteiger partial charge on any atom is 0.268 e. The molecular formula is C16H14NO2. The number of amides is 1. The van der Waals surface area contributed by atoms with E-state index in [0.29, 0.717) is 18.7 Å². The number of hydrogen-bond donors (Lipinski definition) is 0. The zero-order chi connectivity index (χ0) is 13.1. The molecule has 0 bridgehead atoms. The smallest absolute Gasteiger partial charge is 0.268 e. The third-order valence-electron chi connectivity index (χ3n) is 3.19. The van der Waals surface area contributed by atoms with Crippen molar-refractivity contribution >= 4 is 11.6 Å². The first-order chi connectivity index (χ1) is 9.34. The van der Waals surface area contributed by atoms with Crippen molar-refractivity contribution in [2.45, 2.75) is 12.5 Å². The highest BCUT2D eigenvalue weighted by Gasteiger charge is 2.34. The normalized spacial score (nSPS) is 18.6. The summed E-state index contributed by atoms with van der Waals surface area (Å²) in [6.45, 7) is 0.701. The number of benzene rings is 2. The fourth-order valence-electron chi connectivity index (χ4n) is 2.24. The van der Waals surface area contributed by atoms with E-state index in [-0.39, 0.29) is 12.0 Å². The third-order valence-corrected chi connectivity index (χ3v) is 3.19. The molecule has 2 aromatic rings. The van der Waals surface area contributed by atoms with Gasteiger partial charge in [0.2, 0.25) is 0 Å². The van der Waals surface area contributed by atoms with E-state index in [1.54, 1.807) is 17.0 Å². The monoisotopic (exact) mass is 252 g/mol. The van der Waals surface area contributed by atoms with Crippen LogP contribution in [0.3, 0.4) is 0 Å². The summed E-state index contributed by atoms with van der Waals surface area (Å²) in [6.07, 6.45) is 0.328. The first kappa shape index (κ1) is 11.8. The fraction of sp³-hybridized carbons (Fsp3) is 0.188. The first-order valence-corrected chi connectivity index (χ1v) is 6.34. The lowest BCUT2D eigenvalue weighted by Crippen LogP contribution is -2.32. The van der Waals surface area contributed by atoms with Crippen LogP contribution in [-0.2, 0) is 4.79 Å². The van der Waals surface area contributed by atoms with E-state index in [1.165, 1.54) is 0 Å². The topological polar surface area (TPSA) is 29.5 Å². The summed E-state index contributed by atoms with van der Waals surface area (Å²) in [5.41, 5.74) is 0.931. The van der Waals surface area contributed by atoms with Gasteiger partial charge in [-0.1, -0.05) is 30.3 Å². The third kappa shape index (κ3) is 2.45.